The lowest BCUT2D eigenvalue weighted by Gasteiger charge is -2.37. The van der Waals surface area contributed by atoms with Crippen LogP contribution in [0.1, 0.15) is 25.7 Å². The standard InChI is InChI=1S/C8H19N3/c9-5-8(6-10)3-1-7(11)2-4-8/h7H,1-6,9-11H2. The predicted molar refractivity (Wildman–Crippen MR) is 47.0 cm³/mol. The van der Waals surface area contributed by atoms with Crippen LogP contribution in [0.4, 0.5) is 0 Å². The average Bonchev–Trinajstić information content (AvgIpc) is 2.07. The summed E-state index contributed by atoms with van der Waals surface area (Å²) < 4.78 is 0. The van der Waals surface area contributed by atoms with Gasteiger partial charge in [0.2, 0.25) is 0 Å². The van der Waals surface area contributed by atoms with Crippen LogP contribution < -0.4 is 17.2 Å². The van der Waals surface area contributed by atoms with Crippen molar-refractivity contribution in [2.45, 2.75) is 31.7 Å². The smallest absolute Gasteiger partial charge is 0.00392 e. The van der Waals surface area contributed by atoms with Gasteiger partial charge in [-0.25, -0.2) is 0 Å². The first-order chi connectivity index (χ1) is 5.22. The summed E-state index contributed by atoms with van der Waals surface area (Å²) in [5.74, 6) is 0. The van der Waals surface area contributed by atoms with E-state index in [2.05, 4.69) is 0 Å². The highest BCUT2D eigenvalue weighted by molar-refractivity contribution is 4.88. The van der Waals surface area contributed by atoms with E-state index in [0.717, 1.165) is 38.8 Å². The van der Waals surface area contributed by atoms with Gasteiger partial charge in [-0.2, -0.15) is 0 Å². The lowest BCUT2D eigenvalue weighted by atomic mass is 9.73. The zero-order valence-electron chi connectivity index (χ0n) is 7.05. The van der Waals surface area contributed by atoms with Crippen molar-refractivity contribution in [3.8, 4) is 0 Å². The molecular formula is C8H19N3. The van der Waals surface area contributed by atoms with Crippen LogP contribution in [0, 0.1) is 5.41 Å². The third kappa shape index (κ3) is 1.92. The SMILES string of the molecule is NCC1(CN)CCC(N)CC1. The van der Waals surface area contributed by atoms with Crippen molar-refractivity contribution in [1.82, 2.24) is 0 Å². The molecule has 3 heteroatoms. The maximum Gasteiger partial charge on any atom is 0.00392 e. The first-order valence-corrected chi connectivity index (χ1v) is 4.38. The molecule has 0 aromatic heterocycles. The Balaban J connectivity index is 2.45. The molecule has 1 rings (SSSR count). The Bertz CT molecular complexity index is 111. The molecule has 0 spiro atoms. The number of hydrogen-bond acceptors (Lipinski definition) is 3. The fraction of sp³-hybridized carbons (Fsp3) is 1.00. The third-order valence-corrected chi connectivity index (χ3v) is 2.96. The molecule has 0 atom stereocenters. The van der Waals surface area contributed by atoms with Crippen molar-refractivity contribution in [3.05, 3.63) is 0 Å². The van der Waals surface area contributed by atoms with Crippen molar-refractivity contribution in [2.24, 2.45) is 22.6 Å². The first-order valence-electron chi connectivity index (χ1n) is 4.38. The fourth-order valence-corrected chi connectivity index (χ4v) is 1.74. The summed E-state index contributed by atoms with van der Waals surface area (Å²) in [6, 6.07) is 0.390. The second kappa shape index (κ2) is 3.52. The molecule has 1 aliphatic carbocycles. The Kier molecular flexibility index (Phi) is 2.87. The van der Waals surface area contributed by atoms with Gasteiger partial charge in [0.15, 0.2) is 0 Å². The highest BCUT2D eigenvalue weighted by Crippen LogP contribution is 2.33. The molecule has 0 unspecified atom stereocenters. The molecule has 0 saturated heterocycles. The molecule has 1 fully saturated rings. The molecule has 1 aliphatic rings. The van der Waals surface area contributed by atoms with Crippen LogP contribution in [0.25, 0.3) is 0 Å². The number of hydrogen-bond donors (Lipinski definition) is 3. The van der Waals surface area contributed by atoms with Crippen molar-refractivity contribution in [1.29, 1.82) is 0 Å². The van der Waals surface area contributed by atoms with E-state index in [9.17, 15) is 0 Å². The van der Waals surface area contributed by atoms with Gasteiger partial charge in [0.05, 0.1) is 0 Å². The Morgan fingerprint density at radius 2 is 1.55 bits per heavy atom. The Morgan fingerprint density at radius 1 is 1.09 bits per heavy atom. The van der Waals surface area contributed by atoms with E-state index in [0.29, 0.717) is 6.04 Å². The maximum absolute atomic E-state index is 5.78. The molecule has 0 radical (unpaired) electrons. The summed E-state index contributed by atoms with van der Waals surface area (Å²) in [5.41, 5.74) is 17.3. The molecule has 3 nitrogen and oxygen atoms in total. The topological polar surface area (TPSA) is 78.1 Å². The molecule has 0 aliphatic heterocycles. The highest BCUT2D eigenvalue weighted by Gasteiger charge is 2.31. The fourth-order valence-electron chi connectivity index (χ4n) is 1.74. The summed E-state index contributed by atoms with van der Waals surface area (Å²) in [6.07, 6.45) is 4.41. The van der Waals surface area contributed by atoms with Gasteiger partial charge >= 0.3 is 0 Å². The number of nitrogens with two attached hydrogens (primary N) is 3. The van der Waals surface area contributed by atoms with Crippen LogP contribution in [0.5, 0.6) is 0 Å². The molecule has 0 aromatic carbocycles. The second-order valence-corrected chi connectivity index (χ2v) is 3.75. The van der Waals surface area contributed by atoms with E-state index in [1.165, 1.54) is 0 Å². The number of rotatable bonds is 2. The molecular weight excluding hydrogens is 138 g/mol. The molecule has 0 bridgehead atoms. The summed E-state index contributed by atoms with van der Waals surface area (Å²) in [6.45, 7) is 1.44. The van der Waals surface area contributed by atoms with Crippen LogP contribution in [0.15, 0.2) is 0 Å². The van der Waals surface area contributed by atoms with E-state index >= 15 is 0 Å². The lowest BCUT2D eigenvalue weighted by Crippen LogP contribution is -2.43. The van der Waals surface area contributed by atoms with Gasteiger partial charge in [-0.05, 0) is 44.2 Å². The summed E-state index contributed by atoms with van der Waals surface area (Å²) in [7, 11) is 0. The maximum atomic E-state index is 5.78. The van der Waals surface area contributed by atoms with Crippen LogP contribution in [0.3, 0.4) is 0 Å². The third-order valence-electron chi connectivity index (χ3n) is 2.96. The predicted octanol–water partition coefficient (Wildman–Crippen LogP) is -0.208. The Hall–Kier alpha value is -0.120. The molecule has 0 aromatic rings. The monoisotopic (exact) mass is 157 g/mol. The van der Waals surface area contributed by atoms with Crippen LogP contribution in [-0.2, 0) is 0 Å². The zero-order valence-corrected chi connectivity index (χ0v) is 7.05. The zero-order chi connectivity index (χ0) is 8.32. The van der Waals surface area contributed by atoms with Gasteiger partial charge < -0.3 is 17.2 Å². The lowest BCUT2D eigenvalue weighted by molar-refractivity contribution is 0.193. The normalized spacial score (nSPS) is 25.4. The van der Waals surface area contributed by atoms with Crippen LogP contribution >= 0.6 is 0 Å². The van der Waals surface area contributed by atoms with E-state index < -0.39 is 0 Å². The van der Waals surface area contributed by atoms with E-state index in [-0.39, 0.29) is 5.41 Å². The molecule has 66 valence electrons. The minimum absolute atomic E-state index is 0.218. The van der Waals surface area contributed by atoms with Gasteiger partial charge in [-0.15, -0.1) is 0 Å². The Morgan fingerprint density at radius 3 is 1.91 bits per heavy atom. The highest BCUT2D eigenvalue weighted by atomic mass is 14.7. The summed E-state index contributed by atoms with van der Waals surface area (Å²) >= 11 is 0. The largest absolute Gasteiger partial charge is 0.330 e. The minimum Gasteiger partial charge on any atom is -0.330 e. The van der Waals surface area contributed by atoms with Gasteiger partial charge in [-0.1, -0.05) is 0 Å². The van der Waals surface area contributed by atoms with Crippen LogP contribution in [-0.4, -0.2) is 19.1 Å². The van der Waals surface area contributed by atoms with Crippen molar-refractivity contribution < 1.29 is 0 Å². The molecule has 11 heavy (non-hydrogen) atoms. The summed E-state index contributed by atoms with van der Waals surface area (Å²) in [5, 5.41) is 0. The van der Waals surface area contributed by atoms with E-state index in [4.69, 9.17) is 17.2 Å². The molecule has 1 saturated carbocycles. The average molecular weight is 157 g/mol. The molecule has 6 N–H and O–H groups in total. The second-order valence-electron chi connectivity index (χ2n) is 3.75. The van der Waals surface area contributed by atoms with Crippen LogP contribution in [0.2, 0.25) is 0 Å². The van der Waals surface area contributed by atoms with Crippen molar-refractivity contribution in [3.63, 3.8) is 0 Å². The molecule has 0 heterocycles. The van der Waals surface area contributed by atoms with E-state index in [1.807, 2.05) is 0 Å². The van der Waals surface area contributed by atoms with Gasteiger partial charge in [-0.3, -0.25) is 0 Å². The quantitative estimate of drug-likeness (QED) is 0.519. The van der Waals surface area contributed by atoms with E-state index in [1.54, 1.807) is 0 Å². The van der Waals surface area contributed by atoms with Crippen molar-refractivity contribution >= 4 is 0 Å². The van der Waals surface area contributed by atoms with Gasteiger partial charge in [0, 0.05) is 6.04 Å². The first kappa shape index (κ1) is 8.97. The van der Waals surface area contributed by atoms with Crippen molar-refractivity contribution in [2.75, 3.05) is 13.1 Å². The minimum atomic E-state index is 0.218. The summed E-state index contributed by atoms with van der Waals surface area (Å²) in [4.78, 5) is 0. The Labute approximate surface area is 68.3 Å². The molecule has 0 amide bonds. The van der Waals surface area contributed by atoms with Gasteiger partial charge in [0.25, 0.3) is 0 Å². The van der Waals surface area contributed by atoms with Gasteiger partial charge in [0.1, 0.15) is 0 Å².